The number of aryl methyl sites for hydroxylation is 1. The van der Waals surface area contributed by atoms with Crippen LogP contribution in [-0.2, 0) is 10.0 Å². The van der Waals surface area contributed by atoms with Gasteiger partial charge in [0.05, 0.1) is 17.8 Å². The van der Waals surface area contributed by atoms with Crippen LogP contribution in [0.25, 0.3) is 0 Å². The van der Waals surface area contributed by atoms with Gasteiger partial charge in [-0.05, 0) is 6.92 Å². The van der Waals surface area contributed by atoms with E-state index in [1.54, 1.807) is 12.1 Å². The smallest absolute Gasteiger partial charge is 0.357 e. The van der Waals surface area contributed by atoms with E-state index >= 15 is 0 Å². The van der Waals surface area contributed by atoms with Crippen molar-refractivity contribution in [2.24, 2.45) is 0 Å². The molecule has 0 radical (unpaired) electrons. The van der Waals surface area contributed by atoms with Gasteiger partial charge in [0.2, 0.25) is 10.0 Å². The molecule has 0 aromatic carbocycles. The molecular weight excluding hydrogens is 274 g/mol. The molecule has 0 aliphatic heterocycles. The summed E-state index contributed by atoms with van der Waals surface area (Å²) in [7, 11) is -4.27. The zero-order valence-corrected chi connectivity index (χ0v) is 10.6. The first-order chi connectivity index (χ1) is 8.86. The highest BCUT2D eigenvalue weighted by atomic mass is 32.2. The average molecular weight is 283 g/mol. The van der Waals surface area contributed by atoms with Gasteiger partial charge >= 0.3 is 5.97 Å². The third-order valence-electron chi connectivity index (χ3n) is 2.19. The zero-order valence-electron chi connectivity index (χ0n) is 9.78. The highest BCUT2D eigenvalue weighted by Crippen LogP contribution is 2.21. The number of H-pyrrole nitrogens is 1. The number of hydrogen-bond donors (Lipinski definition) is 2. The van der Waals surface area contributed by atoms with Crippen LogP contribution in [0.1, 0.15) is 16.2 Å². The van der Waals surface area contributed by atoms with E-state index in [9.17, 15) is 13.2 Å². The molecule has 0 unspecified atom stereocenters. The van der Waals surface area contributed by atoms with Gasteiger partial charge in [-0.25, -0.2) is 13.2 Å². The fourth-order valence-electron chi connectivity index (χ4n) is 1.39. The largest absolute Gasteiger partial charge is 0.476 e. The minimum Gasteiger partial charge on any atom is -0.476 e. The van der Waals surface area contributed by atoms with Crippen LogP contribution < -0.4 is 0 Å². The SMILES string of the molecule is Cc1[nH]nc(C(=O)O)c1S(=O)(=O)N(CC#N)CC#N. The van der Waals surface area contributed by atoms with Crippen molar-refractivity contribution in [1.29, 1.82) is 10.5 Å². The average Bonchev–Trinajstić information content (AvgIpc) is 2.71. The standard InChI is InChI=1S/C9H9N5O4S/c1-6-8(7(9(15)16)13-12-6)19(17,18)14(4-2-10)5-3-11/h4-5H2,1H3,(H,12,13)(H,15,16). The molecule has 1 rings (SSSR count). The normalized spacial score (nSPS) is 10.9. The molecule has 0 aliphatic carbocycles. The monoisotopic (exact) mass is 283 g/mol. The summed E-state index contributed by atoms with van der Waals surface area (Å²) >= 11 is 0. The Morgan fingerprint density at radius 3 is 2.37 bits per heavy atom. The van der Waals surface area contributed by atoms with Gasteiger partial charge in [-0.15, -0.1) is 0 Å². The van der Waals surface area contributed by atoms with Gasteiger partial charge in [0, 0.05) is 0 Å². The molecule has 10 heteroatoms. The van der Waals surface area contributed by atoms with E-state index in [-0.39, 0.29) is 5.69 Å². The van der Waals surface area contributed by atoms with Crippen molar-refractivity contribution in [1.82, 2.24) is 14.5 Å². The lowest BCUT2D eigenvalue weighted by Gasteiger charge is -2.15. The van der Waals surface area contributed by atoms with Gasteiger partial charge < -0.3 is 5.11 Å². The summed E-state index contributed by atoms with van der Waals surface area (Å²) in [5.41, 5.74) is -0.642. The van der Waals surface area contributed by atoms with E-state index in [2.05, 4.69) is 10.2 Å². The topological polar surface area (TPSA) is 151 Å². The first-order valence-electron chi connectivity index (χ1n) is 4.88. The zero-order chi connectivity index (χ0) is 14.6. The lowest BCUT2D eigenvalue weighted by Crippen LogP contribution is -2.33. The van der Waals surface area contributed by atoms with Crippen molar-refractivity contribution in [2.75, 3.05) is 13.1 Å². The van der Waals surface area contributed by atoms with Crippen LogP contribution in [0.4, 0.5) is 0 Å². The minimum atomic E-state index is -4.27. The minimum absolute atomic E-state index is 0.0262. The number of rotatable bonds is 5. The van der Waals surface area contributed by atoms with Gasteiger partial charge in [0.15, 0.2) is 5.69 Å². The predicted molar refractivity (Wildman–Crippen MR) is 60.3 cm³/mol. The first-order valence-corrected chi connectivity index (χ1v) is 6.32. The second-order valence-electron chi connectivity index (χ2n) is 3.42. The number of carbonyl (C=O) groups is 1. The number of carboxylic acid groups (broad SMARTS) is 1. The Morgan fingerprint density at radius 2 is 1.95 bits per heavy atom. The summed E-state index contributed by atoms with van der Waals surface area (Å²) < 4.78 is 25.0. The molecule has 2 N–H and O–H groups in total. The van der Waals surface area contributed by atoms with Crippen LogP contribution in [0.15, 0.2) is 4.90 Å². The van der Waals surface area contributed by atoms with Gasteiger partial charge in [-0.2, -0.15) is 19.9 Å². The highest BCUT2D eigenvalue weighted by Gasteiger charge is 2.33. The van der Waals surface area contributed by atoms with Crippen LogP contribution in [-0.4, -0.2) is 47.1 Å². The fraction of sp³-hybridized carbons (Fsp3) is 0.333. The number of aromatic nitrogens is 2. The number of sulfonamides is 1. The molecule has 9 nitrogen and oxygen atoms in total. The number of aromatic carboxylic acids is 1. The number of nitrogens with zero attached hydrogens (tertiary/aromatic N) is 4. The van der Waals surface area contributed by atoms with Crippen LogP contribution in [0.2, 0.25) is 0 Å². The van der Waals surface area contributed by atoms with Crippen molar-refractivity contribution < 1.29 is 18.3 Å². The predicted octanol–water partition coefficient (Wildman–Crippen LogP) is -0.546. The molecule has 0 saturated heterocycles. The Balaban J connectivity index is 3.42. The molecule has 0 spiro atoms. The maximum atomic E-state index is 12.2. The van der Waals surface area contributed by atoms with Crippen molar-refractivity contribution in [2.45, 2.75) is 11.8 Å². The molecule has 100 valence electrons. The van der Waals surface area contributed by atoms with E-state index in [0.717, 1.165) is 0 Å². The Labute approximate surface area is 108 Å². The van der Waals surface area contributed by atoms with Gasteiger partial charge in [-0.3, -0.25) is 5.10 Å². The molecule has 0 amide bonds. The second-order valence-corrected chi connectivity index (χ2v) is 5.30. The molecule has 1 aromatic heterocycles. The van der Waals surface area contributed by atoms with E-state index in [0.29, 0.717) is 4.31 Å². The summed E-state index contributed by atoms with van der Waals surface area (Å²) in [4.78, 5) is 10.4. The molecule has 0 bridgehead atoms. The second kappa shape index (κ2) is 5.48. The molecule has 1 heterocycles. The summed E-state index contributed by atoms with van der Waals surface area (Å²) in [5.74, 6) is -1.52. The Bertz CT molecular complexity index is 662. The first kappa shape index (κ1) is 14.6. The quantitative estimate of drug-likeness (QED) is 0.688. The lowest BCUT2D eigenvalue weighted by atomic mass is 10.4. The fourth-order valence-corrected chi connectivity index (χ4v) is 2.92. The third-order valence-corrected chi connectivity index (χ3v) is 4.14. The summed E-state index contributed by atoms with van der Waals surface area (Å²) in [6.45, 7) is 0.225. The Morgan fingerprint density at radius 1 is 1.42 bits per heavy atom. The molecule has 1 aromatic rings. The maximum absolute atomic E-state index is 12.2. The number of carboxylic acids is 1. The van der Waals surface area contributed by atoms with Gasteiger partial charge in [-0.1, -0.05) is 0 Å². The van der Waals surface area contributed by atoms with Crippen molar-refractivity contribution in [3.05, 3.63) is 11.4 Å². The van der Waals surface area contributed by atoms with Crippen LogP contribution in [0, 0.1) is 29.6 Å². The number of hydrogen-bond acceptors (Lipinski definition) is 6. The van der Waals surface area contributed by atoms with Crippen molar-refractivity contribution in [3.63, 3.8) is 0 Å². The molecular formula is C9H9N5O4S. The molecule has 0 saturated carbocycles. The number of aromatic amines is 1. The van der Waals surface area contributed by atoms with E-state index < -0.39 is 39.7 Å². The van der Waals surface area contributed by atoms with E-state index in [1.807, 2.05) is 0 Å². The lowest BCUT2D eigenvalue weighted by molar-refractivity contribution is 0.0686. The summed E-state index contributed by atoms with van der Waals surface area (Å²) in [6, 6.07) is 3.21. The van der Waals surface area contributed by atoms with Crippen LogP contribution in [0.3, 0.4) is 0 Å². The molecule has 0 fully saturated rings. The molecule has 0 aliphatic rings. The summed E-state index contributed by atoms with van der Waals surface area (Å²) in [6.07, 6.45) is 0. The van der Waals surface area contributed by atoms with Crippen LogP contribution >= 0.6 is 0 Å². The Kier molecular flexibility index (Phi) is 4.22. The van der Waals surface area contributed by atoms with Gasteiger partial charge in [0.25, 0.3) is 0 Å². The maximum Gasteiger partial charge on any atom is 0.357 e. The van der Waals surface area contributed by atoms with E-state index in [1.165, 1.54) is 6.92 Å². The third kappa shape index (κ3) is 2.70. The number of nitrogens with one attached hydrogen (secondary N) is 1. The van der Waals surface area contributed by atoms with Crippen molar-refractivity contribution in [3.8, 4) is 12.1 Å². The Hall–Kier alpha value is -2.43. The summed E-state index contributed by atoms with van der Waals surface area (Å²) in [5, 5.41) is 31.7. The van der Waals surface area contributed by atoms with Crippen molar-refractivity contribution >= 4 is 16.0 Å². The van der Waals surface area contributed by atoms with Gasteiger partial charge in [0.1, 0.15) is 18.0 Å². The van der Waals surface area contributed by atoms with E-state index in [4.69, 9.17) is 15.6 Å². The molecule has 19 heavy (non-hydrogen) atoms. The molecule has 0 atom stereocenters. The highest BCUT2D eigenvalue weighted by molar-refractivity contribution is 7.89. The van der Waals surface area contributed by atoms with Crippen LogP contribution in [0.5, 0.6) is 0 Å². The number of nitriles is 2.